The van der Waals surface area contributed by atoms with Gasteiger partial charge in [0.2, 0.25) is 0 Å². The van der Waals surface area contributed by atoms with Crippen molar-refractivity contribution in [3.8, 4) is 0 Å². The Balaban J connectivity index is 2.02. The Hall–Kier alpha value is -3.19. The Morgan fingerprint density at radius 3 is 2.17 bits per heavy atom. The maximum Gasteiger partial charge on any atom is 0.434 e. The zero-order valence-corrected chi connectivity index (χ0v) is 23.1. The number of aryl methyl sites for hydroxylation is 1. The Morgan fingerprint density at radius 2 is 1.65 bits per heavy atom. The molecule has 0 fully saturated rings. The molecule has 40 heavy (non-hydrogen) atoms. The van der Waals surface area contributed by atoms with Crippen molar-refractivity contribution in [3.63, 3.8) is 0 Å². The number of nitrogens with zero attached hydrogens (tertiary/aromatic N) is 2. The Bertz CT molecular complexity index is 1400. The van der Waals surface area contributed by atoms with E-state index in [0.717, 1.165) is 11.0 Å². The average molecular weight is 655 g/mol. The molecule has 1 heterocycles. The number of pyridine rings is 1. The third-order valence-corrected chi connectivity index (χ3v) is 6.86. The fourth-order valence-electron chi connectivity index (χ4n) is 3.93. The number of aromatic nitrogens is 1. The molecule has 0 aliphatic carbocycles. The smallest absolute Gasteiger partial charge is 0.321 e. The number of nitrogens with one attached hydrogen (secondary N) is 1. The predicted octanol–water partition coefficient (Wildman–Crippen LogP) is 8.02. The van der Waals surface area contributed by atoms with Crippen molar-refractivity contribution in [2.24, 2.45) is 0 Å². The molecule has 1 aromatic heterocycles. The van der Waals surface area contributed by atoms with E-state index in [1.807, 2.05) is 0 Å². The number of hydrogen-bond donors (Lipinski definition) is 1. The molecular weight excluding hydrogens is 635 g/mol. The first-order chi connectivity index (χ1) is 18.6. The van der Waals surface area contributed by atoms with E-state index in [2.05, 4.69) is 37.8 Å². The normalized spacial score (nSPS) is 13.5. The van der Waals surface area contributed by atoms with Gasteiger partial charge in [0.1, 0.15) is 0 Å². The fourth-order valence-corrected chi connectivity index (χ4v) is 4.74. The summed E-state index contributed by atoms with van der Waals surface area (Å²) in [6.07, 6.45) is -3.47. The summed E-state index contributed by atoms with van der Waals surface area (Å²) < 4.78 is 97.8. The number of alkyl halides is 7. The van der Waals surface area contributed by atoms with Gasteiger partial charge in [-0.2, -0.15) is 22.0 Å². The quantitative estimate of drug-likeness (QED) is 0.198. The van der Waals surface area contributed by atoms with E-state index in [-0.39, 0.29) is 39.9 Å². The Labute approximate surface area is 237 Å². The molecule has 14 heteroatoms. The van der Waals surface area contributed by atoms with Gasteiger partial charge in [-0.15, -0.1) is 0 Å². The van der Waals surface area contributed by atoms with Crippen LogP contribution in [0.2, 0.25) is 0 Å². The molecule has 3 aromatic rings. The second-order valence-electron chi connectivity index (χ2n) is 8.38. The molecule has 0 aliphatic rings. The van der Waals surface area contributed by atoms with E-state index < -0.39 is 46.0 Å². The summed E-state index contributed by atoms with van der Waals surface area (Å²) in [5.74, 6) is -2.71. The lowest BCUT2D eigenvalue weighted by atomic mass is 9.92. The van der Waals surface area contributed by atoms with Crippen LogP contribution < -0.4 is 10.2 Å². The van der Waals surface area contributed by atoms with Crippen LogP contribution in [0.25, 0.3) is 0 Å². The van der Waals surface area contributed by atoms with E-state index in [1.165, 1.54) is 43.6 Å². The first-order valence-corrected chi connectivity index (χ1v) is 12.7. The molecule has 0 aliphatic heterocycles. The number of amides is 2. The summed E-state index contributed by atoms with van der Waals surface area (Å²) >= 11 is 7.45. The highest BCUT2D eigenvalue weighted by Gasteiger charge is 2.72. The van der Waals surface area contributed by atoms with Gasteiger partial charge in [0.05, 0.1) is 16.9 Å². The van der Waals surface area contributed by atoms with Crippen LogP contribution in [0, 0.1) is 5.82 Å². The van der Waals surface area contributed by atoms with Gasteiger partial charge in [-0.25, -0.2) is 8.78 Å². The maximum atomic E-state index is 15.6. The van der Waals surface area contributed by atoms with Crippen LogP contribution >= 0.6 is 27.5 Å². The predicted molar refractivity (Wildman–Crippen MR) is 139 cm³/mol. The second kappa shape index (κ2) is 11.7. The average Bonchev–Trinajstić information content (AvgIpc) is 2.89. The molecule has 0 radical (unpaired) electrons. The van der Waals surface area contributed by atoms with Crippen molar-refractivity contribution in [1.29, 1.82) is 0 Å². The van der Waals surface area contributed by atoms with E-state index in [0.29, 0.717) is 12.1 Å². The molecule has 1 N–H and O–H groups in total. The zero-order valence-electron chi connectivity index (χ0n) is 20.7. The van der Waals surface area contributed by atoms with E-state index in [1.54, 1.807) is 6.92 Å². The van der Waals surface area contributed by atoms with Gasteiger partial charge in [-0.05, 0) is 82.8 Å². The molecule has 3 rings (SSSR count). The number of rotatable bonds is 8. The molecular formula is C26H20BrClF7N3O2. The highest BCUT2D eigenvalue weighted by atomic mass is 79.9. The van der Waals surface area contributed by atoms with E-state index >= 15 is 4.39 Å². The van der Waals surface area contributed by atoms with Gasteiger partial charge in [0.25, 0.3) is 11.8 Å². The maximum absolute atomic E-state index is 15.6. The summed E-state index contributed by atoms with van der Waals surface area (Å²) in [4.78, 5) is 30.9. The third-order valence-electron chi connectivity index (χ3n) is 5.97. The van der Waals surface area contributed by atoms with Crippen molar-refractivity contribution in [1.82, 2.24) is 4.98 Å². The summed E-state index contributed by atoms with van der Waals surface area (Å²) in [5, 5.41) is -3.03. The molecule has 0 saturated heterocycles. The number of carbonyl (C=O) groups is 2. The van der Waals surface area contributed by atoms with Crippen LogP contribution in [0.3, 0.4) is 0 Å². The summed E-state index contributed by atoms with van der Waals surface area (Å²) in [6, 6.07) is 7.48. The van der Waals surface area contributed by atoms with Gasteiger partial charge < -0.3 is 10.2 Å². The molecule has 1 atom stereocenters. The van der Waals surface area contributed by atoms with Crippen LogP contribution in [-0.4, -0.2) is 34.9 Å². The number of halogens is 9. The number of carbonyl (C=O) groups excluding carboxylic acids is 2. The molecule has 1 unspecified atom stereocenters. The Morgan fingerprint density at radius 1 is 1.02 bits per heavy atom. The summed E-state index contributed by atoms with van der Waals surface area (Å²) in [7, 11) is 0. The van der Waals surface area contributed by atoms with Gasteiger partial charge >= 0.3 is 17.2 Å². The van der Waals surface area contributed by atoms with Crippen LogP contribution in [0.15, 0.2) is 59.3 Å². The lowest BCUT2D eigenvalue weighted by Crippen LogP contribution is -2.49. The Kier molecular flexibility index (Phi) is 9.19. The van der Waals surface area contributed by atoms with Gasteiger partial charge in [0.15, 0.2) is 5.82 Å². The topological polar surface area (TPSA) is 62.3 Å². The summed E-state index contributed by atoms with van der Waals surface area (Å²) in [5.41, 5.74) is -7.66. The minimum absolute atomic E-state index is 0.0333. The zero-order chi connectivity index (χ0) is 30.0. The molecule has 0 saturated carbocycles. The van der Waals surface area contributed by atoms with Crippen molar-refractivity contribution in [2.45, 2.75) is 37.5 Å². The molecule has 0 bridgehead atoms. The first-order valence-electron chi connectivity index (χ1n) is 11.5. The fraction of sp³-hybridized carbons (Fsp3) is 0.269. The lowest BCUT2D eigenvalue weighted by Gasteiger charge is -2.32. The van der Waals surface area contributed by atoms with Crippen molar-refractivity contribution in [3.05, 3.63) is 87.4 Å². The van der Waals surface area contributed by atoms with Gasteiger partial charge in [-0.1, -0.05) is 13.0 Å². The molecule has 2 aromatic carbocycles. The van der Waals surface area contributed by atoms with Crippen molar-refractivity contribution < 1.29 is 40.3 Å². The van der Waals surface area contributed by atoms with Crippen molar-refractivity contribution in [2.75, 3.05) is 16.8 Å². The standard InChI is InChI=1S/C26H20BrClF7N3O2/c1-3-14-12-16(24(30,25(28,31)32)26(33,34)35)13-18(27)21(14)37-22(39)17-6-5-7-19(20(17)29)38(4-2)23(40)15-8-10-36-11-9-15/h5-13H,3-4H2,1-2H3,(H,37,39). The highest BCUT2D eigenvalue weighted by Crippen LogP contribution is 2.55. The number of anilines is 2. The first kappa shape index (κ1) is 31.3. The van der Waals surface area contributed by atoms with Crippen molar-refractivity contribution >= 4 is 50.7 Å². The minimum atomic E-state index is -6.09. The van der Waals surface area contributed by atoms with Crippen LogP contribution in [-0.2, 0) is 12.1 Å². The largest absolute Gasteiger partial charge is 0.434 e. The monoisotopic (exact) mass is 653 g/mol. The molecule has 0 spiro atoms. The number of benzene rings is 2. The SMILES string of the molecule is CCc1cc(C(F)(C(F)(F)F)C(F)(F)Cl)cc(Br)c1NC(=O)c1cccc(N(CC)C(=O)c2ccncc2)c1F. The second-order valence-corrected chi connectivity index (χ2v) is 9.71. The molecule has 2 amide bonds. The molecule has 5 nitrogen and oxygen atoms in total. The van der Waals surface area contributed by atoms with Crippen LogP contribution in [0.1, 0.15) is 45.7 Å². The van der Waals surface area contributed by atoms with E-state index in [4.69, 9.17) is 0 Å². The van der Waals surface area contributed by atoms with Crippen LogP contribution in [0.5, 0.6) is 0 Å². The molecule has 214 valence electrons. The third kappa shape index (κ3) is 5.80. The highest BCUT2D eigenvalue weighted by molar-refractivity contribution is 9.10. The van der Waals surface area contributed by atoms with Gasteiger partial charge in [-0.3, -0.25) is 14.6 Å². The minimum Gasteiger partial charge on any atom is -0.321 e. The number of hydrogen-bond acceptors (Lipinski definition) is 3. The van der Waals surface area contributed by atoms with Gasteiger partial charge in [0, 0.05) is 34.5 Å². The van der Waals surface area contributed by atoms with Crippen LogP contribution in [0.4, 0.5) is 42.1 Å². The van der Waals surface area contributed by atoms with E-state index in [9.17, 15) is 35.9 Å². The summed E-state index contributed by atoms with van der Waals surface area (Å²) in [6.45, 7) is 3.04. The lowest BCUT2D eigenvalue weighted by molar-refractivity contribution is -0.286.